The van der Waals surface area contributed by atoms with Crippen LogP contribution in [0.4, 0.5) is 0 Å². The lowest BCUT2D eigenvalue weighted by atomic mass is 10.0. The van der Waals surface area contributed by atoms with E-state index in [-0.39, 0.29) is 17.4 Å². The summed E-state index contributed by atoms with van der Waals surface area (Å²) in [5.74, 6) is 1.34. The maximum Gasteiger partial charge on any atom is 0.262 e. The van der Waals surface area contributed by atoms with Crippen LogP contribution < -0.4 is 41.0 Å². The summed E-state index contributed by atoms with van der Waals surface area (Å²) in [6.07, 6.45) is -0.124. The van der Waals surface area contributed by atoms with Gasteiger partial charge in [0.1, 0.15) is 29.5 Å². The van der Waals surface area contributed by atoms with Gasteiger partial charge in [-0.3, -0.25) is 0 Å². The summed E-state index contributed by atoms with van der Waals surface area (Å²) in [4.78, 5) is 0. The molecule has 0 aromatic heterocycles. The van der Waals surface area contributed by atoms with Crippen LogP contribution in [-0.2, 0) is 18.0 Å². The Labute approximate surface area is 446 Å². The molecule has 7 aromatic rings. The zero-order valence-electron chi connectivity index (χ0n) is 46.0. The summed E-state index contributed by atoms with van der Waals surface area (Å²) >= 11 is 0. The van der Waals surface area contributed by atoms with Gasteiger partial charge in [0.15, 0.2) is 0 Å². The van der Waals surface area contributed by atoms with E-state index in [2.05, 4.69) is 270 Å². The van der Waals surface area contributed by atoms with Crippen LogP contribution in [0.3, 0.4) is 0 Å². The highest BCUT2D eigenvalue weighted by Gasteiger charge is 2.59. The highest BCUT2D eigenvalue weighted by Crippen LogP contribution is 2.46. The van der Waals surface area contributed by atoms with Crippen molar-refractivity contribution >= 4 is 75.1 Å². The molecule has 0 saturated carbocycles. The molecule has 0 aliphatic carbocycles. The van der Waals surface area contributed by atoms with Crippen LogP contribution in [0.2, 0.25) is 34.8 Å². The molecule has 7 aromatic carbocycles. The second-order valence-corrected chi connectivity index (χ2v) is 41.8. The second kappa shape index (κ2) is 21.6. The van der Waals surface area contributed by atoms with E-state index in [1.165, 1.54) is 10.4 Å². The van der Waals surface area contributed by atoms with E-state index < -0.39 is 61.4 Å². The van der Waals surface area contributed by atoms with Crippen LogP contribution in [0.25, 0.3) is 5.76 Å². The molecule has 0 fully saturated rings. The van der Waals surface area contributed by atoms with Crippen LogP contribution in [-0.4, -0.2) is 70.2 Å². The average Bonchev–Trinajstić information content (AvgIpc) is 3.38. The predicted octanol–water partition coefficient (Wildman–Crippen LogP) is 11.2. The van der Waals surface area contributed by atoms with Crippen molar-refractivity contribution < 1.29 is 27.9 Å². The summed E-state index contributed by atoms with van der Waals surface area (Å²) in [5, 5.41) is 19.4. The van der Waals surface area contributed by atoms with Gasteiger partial charge in [-0.15, -0.1) is 0 Å². The third kappa shape index (κ3) is 10.4. The molecule has 0 saturated heterocycles. The van der Waals surface area contributed by atoms with Crippen molar-refractivity contribution in [2.45, 2.75) is 115 Å². The van der Waals surface area contributed by atoms with Gasteiger partial charge < -0.3 is 27.9 Å². The van der Waals surface area contributed by atoms with Gasteiger partial charge in [-0.2, -0.15) is 0 Å². The summed E-state index contributed by atoms with van der Waals surface area (Å²) in [5.41, 5.74) is 0.553. The molecule has 0 spiro atoms. The lowest BCUT2D eigenvalue weighted by Crippen LogP contribution is -2.73. The summed E-state index contributed by atoms with van der Waals surface area (Å²) in [7, 11) is -10.4. The Morgan fingerprint density at radius 2 is 0.811 bits per heavy atom. The van der Waals surface area contributed by atoms with Gasteiger partial charge >= 0.3 is 0 Å². The molecule has 1 N–H and O–H groups in total. The average molecular weight is 1060 g/mol. The van der Waals surface area contributed by atoms with E-state index in [9.17, 15) is 5.11 Å². The number of hydrogen-bond donors (Lipinski definition) is 1. The third-order valence-electron chi connectivity index (χ3n) is 15.0. The summed E-state index contributed by atoms with van der Waals surface area (Å²) in [6, 6.07) is 68.8. The molecule has 1 aliphatic rings. The van der Waals surface area contributed by atoms with Crippen LogP contribution >= 0.6 is 0 Å². The summed E-state index contributed by atoms with van der Waals surface area (Å²) in [6.45, 7) is 27.7. The molecule has 0 unspecified atom stereocenters. The van der Waals surface area contributed by atoms with Gasteiger partial charge in [0.25, 0.3) is 25.0 Å². The lowest BCUT2D eigenvalue weighted by molar-refractivity contribution is -0.0563. The van der Waals surface area contributed by atoms with Crippen molar-refractivity contribution in [3.63, 3.8) is 0 Å². The van der Waals surface area contributed by atoms with E-state index in [1.54, 1.807) is 7.11 Å². The van der Waals surface area contributed by atoms with Gasteiger partial charge in [0.05, 0.1) is 33.5 Å². The number of rotatable bonds is 16. The highest BCUT2D eigenvalue weighted by atomic mass is 28.4. The van der Waals surface area contributed by atoms with E-state index in [4.69, 9.17) is 22.8 Å². The molecular formula is C64H78O6Si4. The van der Waals surface area contributed by atoms with E-state index in [1.807, 2.05) is 12.1 Å². The second-order valence-electron chi connectivity index (χ2n) is 24.0. The van der Waals surface area contributed by atoms with Crippen molar-refractivity contribution in [1.29, 1.82) is 0 Å². The van der Waals surface area contributed by atoms with Gasteiger partial charge in [0, 0.05) is 0 Å². The first-order valence-electron chi connectivity index (χ1n) is 26.2. The first-order valence-corrected chi connectivity index (χ1v) is 35.4. The molecular weight excluding hydrogens is 977 g/mol. The minimum absolute atomic E-state index is 0.152. The molecule has 0 radical (unpaired) electrons. The van der Waals surface area contributed by atoms with Gasteiger partial charge in [-0.25, -0.2) is 0 Å². The monoisotopic (exact) mass is 1050 g/mol. The lowest BCUT2D eigenvalue weighted by Gasteiger charge is -2.52. The number of phenols is 1. The SMILES string of the molecule is COc1cc(C2=C[C@@H](O[Si](c3ccccc3)(c3ccccc3)C(C)(C)C)[C@H](O[Si](c3ccccc3)(c3ccccc3)C(C)(C)C)[C@@H](CO[Si](c3ccccc3)(c3ccccc3)C(C)(C)C)O2)c(O)c([Si](C)(C)C)c1. The zero-order valence-corrected chi connectivity index (χ0v) is 50.0. The molecule has 8 rings (SSSR count). The minimum Gasteiger partial charge on any atom is -0.507 e. The maximum atomic E-state index is 12.7. The maximum absolute atomic E-state index is 12.7. The predicted molar refractivity (Wildman–Crippen MR) is 319 cm³/mol. The number of phenolic OH excluding ortho intramolecular Hbond substituents is 1. The Bertz CT molecular complexity index is 2850. The molecule has 10 heteroatoms. The smallest absolute Gasteiger partial charge is 0.262 e. The molecule has 6 nitrogen and oxygen atoms in total. The molecule has 0 bridgehead atoms. The van der Waals surface area contributed by atoms with Crippen LogP contribution in [0, 0.1) is 0 Å². The van der Waals surface area contributed by atoms with Crippen LogP contribution in [0.15, 0.2) is 200 Å². The van der Waals surface area contributed by atoms with E-state index in [0.29, 0.717) is 17.1 Å². The van der Waals surface area contributed by atoms with Crippen molar-refractivity contribution in [2.75, 3.05) is 13.7 Å². The molecule has 1 aliphatic heterocycles. The standard InChI is InChI=1S/C64H78O6Si4/c1-62(2,3)72(49-32-20-14-21-33-49,50-34-22-15-23-35-50)67-47-58-61(70-74(64(7,8)9,53-40-28-18-29-41-53)54-42-30-19-31-43-54)57(46-56(68-58)55-44-48(66-10)45-59(60(55)65)71(11,12)13)69-73(63(4,5)6,51-36-24-16-25-37-51)52-38-26-17-27-39-52/h14-46,57-58,61,65H,47H2,1-13H3/t57-,58-,61+/m1/s1. The molecule has 0 amide bonds. The Hall–Kier alpha value is -5.57. The molecule has 1 heterocycles. The number of benzene rings is 7. The molecule has 3 atom stereocenters. The topological polar surface area (TPSA) is 66.4 Å². The number of ether oxygens (including phenoxy) is 2. The molecule has 386 valence electrons. The minimum atomic E-state index is -3.38. The number of aromatic hydroxyl groups is 1. The zero-order chi connectivity index (χ0) is 53.2. The van der Waals surface area contributed by atoms with Crippen molar-refractivity contribution in [3.8, 4) is 11.5 Å². The first-order chi connectivity index (χ1) is 35.1. The third-order valence-corrected chi connectivity index (χ3v) is 32.1. The normalized spacial score (nSPS) is 17.0. The Kier molecular flexibility index (Phi) is 15.9. The van der Waals surface area contributed by atoms with Gasteiger partial charge in [-0.1, -0.05) is 264 Å². The first kappa shape index (κ1) is 54.7. The fourth-order valence-corrected chi connectivity index (χ4v) is 26.8. The fraction of sp³-hybridized carbons (Fsp3) is 0.312. The van der Waals surface area contributed by atoms with Crippen molar-refractivity contribution in [1.82, 2.24) is 0 Å². The Morgan fingerprint density at radius 1 is 0.473 bits per heavy atom. The number of methoxy groups -OCH3 is 1. The summed E-state index contributed by atoms with van der Waals surface area (Å²) < 4.78 is 38.6. The van der Waals surface area contributed by atoms with Crippen LogP contribution in [0.5, 0.6) is 11.5 Å². The highest BCUT2D eigenvalue weighted by molar-refractivity contribution is 7.01. The molecule has 74 heavy (non-hydrogen) atoms. The van der Waals surface area contributed by atoms with Crippen molar-refractivity contribution in [3.05, 3.63) is 206 Å². The number of hydrogen-bond acceptors (Lipinski definition) is 6. The quantitative estimate of drug-likeness (QED) is 0.0973. The Balaban J connectivity index is 1.48. The van der Waals surface area contributed by atoms with Gasteiger partial charge in [-0.05, 0) is 69.6 Å². The van der Waals surface area contributed by atoms with Crippen molar-refractivity contribution in [2.24, 2.45) is 0 Å². The largest absolute Gasteiger partial charge is 0.507 e. The fourth-order valence-electron chi connectivity index (χ4n) is 11.5. The van der Waals surface area contributed by atoms with E-state index >= 15 is 0 Å². The van der Waals surface area contributed by atoms with E-state index in [0.717, 1.165) is 25.9 Å². The van der Waals surface area contributed by atoms with Crippen LogP contribution in [0.1, 0.15) is 67.9 Å². The Morgan fingerprint density at radius 3 is 1.14 bits per heavy atom. The van der Waals surface area contributed by atoms with Gasteiger partial charge in [0.2, 0.25) is 0 Å².